The maximum atomic E-state index is 5.89. The van der Waals surface area contributed by atoms with Crippen molar-refractivity contribution in [3.63, 3.8) is 0 Å². The van der Waals surface area contributed by atoms with Gasteiger partial charge in [-0.3, -0.25) is 0 Å². The molecule has 70 valence electrons. The van der Waals surface area contributed by atoms with Crippen molar-refractivity contribution >= 4 is 0 Å². The first-order valence-electron chi connectivity index (χ1n) is 4.68. The number of ether oxygens (including phenoxy) is 1. The number of hydrogen-bond acceptors (Lipinski definition) is 2. The highest BCUT2D eigenvalue weighted by molar-refractivity contribution is 5.35. The lowest BCUT2D eigenvalue weighted by Crippen LogP contribution is -2.59. The van der Waals surface area contributed by atoms with Crippen molar-refractivity contribution < 1.29 is 4.74 Å². The molecule has 1 N–H and O–H groups in total. The maximum Gasteiger partial charge on any atom is 0.138 e. The summed E-state index contributed by atoms with van der Waals surface area (Å²) >= 11 is 0. The van der Waals surface area contributed by atoms with Crippen molar-refractivity contribution in [1.29, 1.82) is 0 Å². The van der Waals surface area contributed by atoms with E-state index in [2.05, 4.69) is 11.9 Å². The van der Waals surface area contributed by atoms with E-state index in [9.17, 15) is 0 Å². The fourth-order valence-electron chi connectivity index (χ4n) is 1.84. The van der Waals surface area contributed by atoms with Crippen LogP contribution < -0.4 is 5.32 Å². The van der Waals surface area contributed by atoms with Gasteiger partial charge in [-0.05, 0) is 18.6 Å². The van der Waals surface area contributed by atoms with E-state index < -0.39 is 0 Å². The van der Waals surface area contributed by atoms with Gasteiger partial charge >= 0.3 is 0 Å². The lowest BCUT2D eigenvalue weighted by Gasteiger charge is -2.38. The third-order valence-corrected chi connectivity index (χ3v) is 2.61. The van der Waals surface area contributed by atoms with Crippen LogP contribution in [0.1, 0.15) is 13.3 Å². The molecule has 0 aromatic rings. The average molecular weight is 177 g/mol. The Bertz CT molecular complexity index is 284. The molecule has 0 saturated carbocycles. The van der Waals surface area contributed by atoms with Crippen LogP contribution in [-0.4, -0.2) is 18.7 Å². The summed E-state index contributed by atoms with van der Waals surface area (Å²) in [5.74, 6) is 0.999. The predicted molar refractivity (Wildman–Crippen MR) is 53.3 cm³/mol. The Kier molecular flexibility index (Phi) is 2.00. The smallest absolute Gasteiger partial charge is 0.138 e. The standard InChI is InChI=1S/C11H15NO/c1-3-5-10-9(4-2)6-11(13-10)7-12-8-11/h3-5,12H,2,6-8H2,1H3/b5-3-. The summed E-state index contributed by atoms with van der Waals surface area (Å²) in [6.07, 6.45) is 6.93. The summed E-state index contributed by atoms with van der Waals surface area (Å²) < 4.78 is 5.89. The molecule has 0 radical (unpaired) electrons. The summed E-state index contributed by atoms with van der Waals surface area (Å²) in [7, 11) is 0. The molecule has 2 rings (SSSR count). The minimum Gasteiger partial charge on any atom is -0.484 e. The molecular weight excluding hydrogens is 162 g/mol. The molecule has 1 saturated heterocycles. The number of allylic oxidation sites excluding steroid dienone is 3. The van der Waals surface area contributed by atoms with Gasteiger partial charge in [0.2, 0.25) is 0 Å². The van der Waals surface area contributed by atoms with Crippen LogP contribution in [0, 0.1) is 0 Å². The van der Waals surface area contributed by atoms with Gasteiger partial charge < -0.3 is 10.1 Å². The number of nitrogens with one attached hydrogen (secondary N) is 1. The van der Waals surface area contributed by atoms with Crippen molar-refractivity contribution in [3.8, 4) is 0 Å². The van der Waals surface area contributed by atoms with E-state index in [1.54, 1.807) is 0 Å². The molecule has 0 aromatic carbocycles. The highest BCUT2D eigenvalue weighted by Crippen LogP contribution is 2.37. The molecule has 1 fully saturated rings. The van der Waals surface area contributed by atoms with E-state index in [4.69, 9.17) is 4.74 Å². The van der Waals surface area contributed by atoms with Crippen molar-refractivity contribution in [3.05, 3.63) is 36.1 Å². The Morgan fingerprint density at radius 3 is 2.77 bits per heavy atom. The van der Waals surface area contributed by atoms with Gasteiger partial charge in [0.15, 0.2) is 0 Å². The summed E-state index contributed by atoms with van der Waals surface area (Å²) in [4.78, 5) is 0. The molecule has 0 atom stereocenters. The summed E-state index contributed by atoms with van der Waals surface area (Å²) in [6.45, 7) is 7.74. The molecule has 2 aliphatic rings. The first-order valence-corrected chi connectivity index (χ1v) is 4.68. The van der Waals surface area contributed by atoms with Crippen molar-refractivity contribution in [2.45, 2.75) is 18.9 Å². The normalized spacial score (nSPS) is 25.0. The van der Waals surface area contributed by atoms with E-state index in [1.807, 2.05) is 25.2 Å². The number of hydrogen-bond donors (Lipinski definition) is 1. The molecule has 2 aliphatic heterocycles. The lowest BCUT2D eigenvalue weighted by atomic mass is 9.91. The van der Waals surface area contributed by atoms with Gasteiger partial charge in [-0.15, -0.1) is 0 Å². The van der Waals surface area contributed by atoms with E-state index in [-0.39, 0.29) is 5.60 Å². The molecule has 2 heterocycles. The van der Waals surface area contributed by atoms with E-state index in [0.717, 1.165) is 25.3 Å². The fraction of sp³-hybridized carbons (Fsp3) is 0.455. The molecule has 0 unspecified atom stereocenters. The Morgan fingerprint density at radius 2 is 2.31 bits per heavy atom. The van der Waals surface area contributed by atoms with Crippen LogP contribution in [-0.2, 0) is 4.74 Å². The zero-order valence-corrected chi connectivity index (χ0v) is 7.97. The van der Waals surface area contributed by atoms with Crippen LogP contribution >= 0.6 is 0 Å². The number of rotatable bonds is 2. The first kappa shape index (κ1) is 8.57. The second-order valence-corrected chi connectivity index (χ2v) is 3.66. The zero-order valence-electron chi connectivity index (χ0n) is 7.97. The molecule has 2 nitrogen and oxygen atoms in total. The molecule has 0 amide bonds. The molecular formula is C11H15NO. The van der Waals surface area contributed by atoms with Gasteiger partial charge in [-0.2, -0.15) is 0 Å². The Labute approximate surface area is 79.0 Å². The summed E-state index contributed by atoms with van der Waals surface area (Å²) in [5.41, 5.74) is 1.29. The lowest BCUT2D eigenvalue weighted by molar-refractivity contribution is -0.0138. The monoisotopic (exact) mass is 177 g/mol. The minimum absolute atomic E-state index is 0.0539. The van der Waals surface area contributed by atoms with Crippen LogP contribution in [0.4, 0.5) is 0 Å². The Balaban J connectivity index is 2.17. The van der Waals surface area contributed by atoms with Gasteiger partial charge in [0.25, 0.3) is 0 Å². The van der Waals surface area contributed by atoms with Crippen LogP contribution in [0.5, 0.6) is 0 Å². The van der Waals surface area contributed by atoms with Crippen molar-refractivity contribution in [2.75, 3.05) is 13.1 Å². The second-order valence-electron chi connectivity index (χ2n) is 3.66. The van der Waals surface area contributed by atoms with Crippen LogP contribution in [0.15, 0.2) is 36.1 Å². The summed E-state index contributed by atoms with van der Waals surface area (Å²) in [5, 5.41) is 3.24. The largest absolute Gasteiger partial charge is 0.484 e. The molecule has 0 bridgehead atoms. The third kappa shape index (κ3) is 1.31. The highest BCUT2D eigenvalue weighted by Gasteiger charge is 2.44. The minimum atomic E-state index is 0.0539. The third-order valence-electron chi connectivity index (χ3n) is 2.61. The summed E-state index contributed by atoms with van der Waals surface area (Å²) in [6, 6.07) is 0. The maximum absolute atomic E-state index is 5.89. The zero-order chi connectivity index (χ0) is 9.31. The van der Waals surface area contributed by atoms with Crippen molar-refractivity contribution in [1.82, 2.24) is 5.32 Å². The quantitative estimate of drug-likeness (QED) is 0.694. The van der Waals surface area contributed by atoms with Gasteiger partial charge in [-0.25, -0.2) is 0 Å². The topological polar surface area (TPSA) is 21.3 Å². The van der Waals surface area contributed by atoms with Gasteiger partial charge in [0.1, 0.15) is 11.4 Å². The molecule has 1 spiro atoms. The second kappa shape index (κ2) is 3.04. The van der Waals surface area contributed by atoms with E-state index in [1.165, 1.54) is 5.57 Å². The van der Waals surface area contributed by atoms with Crippen molar-refractivity contribution in [2.24, 2.45) is 0 Å². The Hall–Kier alpha value is -1.02. The predicted octanol–water partition coefficient (Wildman–Crippen LogP) is 1.76. The molecule has 2 heteroatoms. The fourth-order valence-corrected chi connectivity index (χ4v) is 1.84. The van der Waals surface area contributed by atoms with Gasteiger partial charge in [-0.1, -0.05) is 18.7 Å². The van der Waals surface area contributed by atoms with Crippen LogP contribution in [0.2, 0.25) is 0 Å². The first-order chi connectivity index (χ1) is 6.29. The molecule has 13 heavy (non-hydrogen) atoms. The van der Waals surface area contributed by atoms with Crippen LogP contribution in [0.25, 0.3) is 0 Å². The van der Waals surface area contributed by atoms with Gasteiger partial charge in [0, 0.05) is 19.5 Å². The molecule has 0 aliphatic carbocycles. The molecule has 0 aromatic heterocycles. The highest BCUT2D eigenvalue weighted by atomic mass is 16.5. The average Bonchev–Trinajstić information content (AvgIpc) is 2.44. The SMILES string of the molecule is C=CC1=C(/C=C\C)OC2(CNC2)C1. The van der Waals surface area contributed by atoms with E-state index in [0.29, 0.717) is 0 Å². The van der Waals surface area contributed by atoms with E-state index >= 15 is 0 Å². The van der Waals surface area contributed by atoms with Crippen LogP contribution in [0.3, 0.4) is 0 Å². The Morgan fingerprint density at radius 1 is 1.54 bits per heavy atom. The van der Waals surface area contributed by atoms with Gasteiger partial charge in [0.05, 0.1) is 0 Å².